The molecule has 2 aromatic carbocycles. The van der Waals surface area contributed by atoms with E-state index >= 15 is 0 Å². The van der Waals surface area contributed by atoms with Crippen molar-refractivity contribution in [1.82, 2.24) is 9.80 Å². The van der Waals surface area contributed by atoms with E-state index in [-0.39, 0.29) is 23.7 Å². The first kappa shape index (κ1) is 33.1. The maximum atomic E-state index is 11.8. The van der Waals surface area contributed by atoms with E-state index in [4.69, 9.17) is 10.8 Å². The summed E-state index contributed by atoms with van der Waals surface area (Å²) in [7, 11) is 0. The molecule has 0 aliphatic rings. The summed E-state index contributed by atoms with van der Waals surface area (Å²) in [5.74, 6) is -0.619. The van der Waals surface area contributed by atoms with Crippen molar-refractivity contribution in [3.05, 3.63) is 74.3 Å². The number of carbonyl (C=O) groups is 2. The van der Waals surface area contributed by atoms with Gasteiger partial charge in [0, 0.05) is 36.4 Å². The predicted octanol–water partition coefficient (Wildman–Crippen LogP) is 3.64. The molecule has 2 aromatic rings. The Kier molecular flexibility index (Phi) is 16.4. The van der Waals surface area contributed by atoms with Gasteiger partial charge in [0.15, 0.2) is 5.78 Å². The summed E-state index contributed by atoms with van der Waals surface area (Å²) in [6.07, 6.45) is 0.328. The standard InChI is InChI=1S/C13H18N2O3.C6H6N2O2.C6H13NO2/c1-3-14(4-2)10-13(16)9-11-5-7-12(8-6-11)15(17)18;7-5-1-3-6(4-2-5)8(9)10;1-3-7(4-2)5-6(8)9/h5-8H,3-4,9-10H2,1-2H3;1-4H,7H2;3-5H2,1-2H3,(H,8,9). The molecule has 3 N–H and O–H groups in total. The molecule has 204 valence electrons. The number of anilines is 1. The molecule has 12 nitrogen and oxygen atoms in total. The SMILES string of the molecule is CCN(CC)CC(=O)Cc1ccc([N+](=O)[O-])cc1.CCN(CC)CC(=O)O.Nc1ccc([N+](=O)[O-])cc1. The van der Waals surface area contributed by atoms with Crippen LogP contribution in [0.4, 0.5) is 17.1 Å². The number of Topliss-reactive ketones (excluding diaryl/α,β-unsaturated/α-hetero) is 1. The average Bonchev–Trinajstić information content (AvgIpc) is 2.87. The summed E-state index contributed by atoms with van der Waals surface area (Å²) in [4.78, 5) is 45.4. The Hall–Kier alpha value is -3.90. The van der Waals surface area contributed by atoms with E-state index in [0.29, 0.717) is 18.7 Å². The van der Waals surface area contributed by atoms with E-state index < -0.39 is 15.8 Å². The molecule has 0 heterocycles. The minimum atomic E-state index is -0.751. The van der Waals surface area contributed by atoms with Crippen molar-refractivity contribution in [3.8, 4) is 0 Å². The minimum absolute atomic E-state index is 0.0509. The number of nitro benzene ring substituents is 2. The van der Waals surface area contributed by atoms with Crippen molar-refractivity contribution < 1.29 is 24.5 Å². The number of hydrogen-bond donors (Lipinski definition) is 2. The molecule has 0 aromatic heterocycles. The van der Waals surface area contributed by atoms with Gasteiger partial charge in [-0.3, -0.25) is 39.6 Å². The largest absolute Gasteiger partial charge is 0.480 e. The maximum absolute atomic E-state index is 11.8. The van der Waals surface area contributed by atoms with E-state index in [0.717, 1.165) is 31.7 Å². The molecule has 0 unspecified atom stereocenters. The lowest BCUT2D eigenvalue weighted by atomic mass is 10.1. The monoisotopic (exact) mass is 519 g/mol. The van der Waals surface area contributed by atoms with Gasteiger partial charge in [-0.05, 0) is 43.9 Å². The van der Waals surface area contributed by atoms with Crippen LogP contribution in [-0.2, 0) is 16.0 Å². The summed E-state index contributed by atoms with van der Waals surface area (Å²) < 4.78 is 0. The van der Waals surface area contributed by atoms with Crippen molar-refractivity contribution in [3.63, 3.8) is 0 Å². The van der Waals surface area contributed by atoms with Crippen molar-refractivity contribution in [1.29, 1.82) is 0 Å². The average molecular weight is 520 g/mol. The van der Waals surface area contributed by atoms with Gasteiger partial charge in [0.05, 0.1) is 22.9 Å². The molecule has 0 bridgehead atoms. The lowest BCUT2D eigenvalue weighted by molar-refractivity contribution is -0.385. The van der Waals surface area contributed by atoms with E-state index in [1.165, 1.54) is 36.4 Å². The number of aliphatic carboxylic acids is 1. The smallest absolute Gasteiger partial charge is 0.317 e. The number of nitrogen functional groups attached to an aromatic ring is 1. The highest BCUT2D eigenvalue weighted by atomic mass is 16.6. The van der Waals surface area contributed by atoms with Crippen LogP contribution in [0.5, 0.6) is 0 Å². The Morgan fingerprint density at radius 2 is 1.14 bits per heavy atom. The number of carbonyl (C=O) groups excluding carboxylic acids is 1. The number of nitrogens with two attached hydrogens (primary N) is 1. The lowest BCUT2D eigenvalue weighted by Gasteiger charge is -2.16. The molecule has 0 aliphatic heterocycles. The molecule has 0 atom stereocenters. The number of rotatable bonds is 12. The second-order valence-electron chi connectivity index (χ2n) is 7.80. The topological polar surface area (TPSA) is 173 Å². The second kappa shape index (κ2) is 18.4. The normalized spacial score (nSPS) is 10.1. The zero-order valence-electron chi connectivity index (χ0n) is 21.8. The summed E-state index contributed by atoms with van der Waals surface area (Å²) in [5.41, 5.74) is 6.77. The van der Waals surface area contributed by atoms with Crippen LogP contribution in [-0.4, -0.2) is 75.8 Å². The second-order valence-corrected chi connectivity index (χ2v) is 7.80. The first-order valence-corrected chi connectivity index (χ1v) is 11.9. The molecule has 2 rings (SSSR count). The van der Waals surface area contributed by atoms with Crippen LogP contribution < -0.4 is 5.73 Å². The van der Waals surface area contributed by atoms with Crippen LogP contribution in [0.2, 0.25) is 0 Å². The number of hydrogen-bond acceptors (Lipinski definition) is 9. The van der Waals surface area contributed by atoms with Crippen molar-refractivity contribution in [2.75, 3.05) is 45.0 Å². The fourth-order valence-electron chi connectivity index (χ4n) is 2.95. The van der Waals surface area contributed by atoms with Crippen LogP contribution in [0.15, 0.2) is 48.5 Å². The highest BCUT2D eigenvalue weighted by Crippen LogP contribution is 2.13. The highest BCUT2D eigenvalue weighted by molar-refractivity contribution is 5.82. The minimum Gasteiger partial charge on any atom is -0.480 e. The van der Waals surface area contributed by atoms with Crippen molar-refractivity contribution in [2.24, 2.45) is 0 Å². The number of carboxylic acid groups (broad SMARTS) is 1. The maximum Gasteiger partial charge on any atom is 0.317 e. The van der Waals surface area contributed by atoms with Gasteiger partial charge in [-0.15, -0.1) is 0 Å². The third-order valence-corrected chi connectivity index (χ3v) is 5.20. The Morgan fingerprint density at radius 1 is 0.757 bits per heavy atom. The van der Waals surface area contributed by atoms with Gasteiger partial charge in [-0.2, -0.15) is 0 Å². The molecule has 0 saturated carbocycles. The Morgan fingerprint density at radius 3 is 1.46 bits per heavy atom. The van der Waals surface area contributed by atoms with Gasteiger partial charge < -0.3 is 10.8 Å². The number of non-ortho nitro benzene ring substituents is 2. The number of nitrogens with zero attached hydrogens (tertiary/aromatic N) is 4. The van der Waals surface area contributed by atoms with Crippen LogP contribution >= 0.6 is 0 Å². The molecule has 0 radical (unpaired) electrons. The fourth-order valence-corrected chi connectivity index (χ4v) is 2.95. The molecular weight excluding hydrogens is 482 g/mol. The summed E-state index contributed by atoms with van der Waals surface area (Å²) in [6.45, 7) is 11.8. The van der Waals surface area contributed by atoms with Crippen LogP contribution in [0.1, 0.15) is 33.3 Å². The molecule has 0 spiro atoms. The number of carboxylic acids is 1. The first-order valence-electron chi connectivity index (χ1n) is 11.9. The van der Waals surface area contributed by atoms with Crippen molar-refractivity contribution >= 4 is 28.8 Å². The molecule has 0 aliphatic carbocycles. The fraction of sp³-hybridized carbons (Fsp3) is 0.440. The zero-order valence-corrected chi connectivity index (χ0v) is 21.8. The first-order chi connectivity index (χ1) is 17.5. The van der Waals surface area contributed by atoms with E-state index in [2.05, 4.69) is 0 Å². The van der Waals surface area contributed by atoms with E-state index in [9.17, 15) is 29.8 Å². The van der Waals surface area contributed by atoms with Crippen molar-refractivity contribution in [2.45, 2.75) is 34.1 Å². The molecular formula is C25H37N5O7. The molecule has 0 saturated heterocycles. The quantitative estimate of drug-likeness (QED) is 0.239. The van der Waals surface area contributed by atoms with E-state index in [1.807, 2.05) is 37.5 Å². The van der Waals surface area contributed by atoms with E-state index in [1.54, 1.807) is 12.1 Å². The van der Waals surface area contributed by atoms with Gasteiger partial charge in [-0.25, -0.2) is 0 Å². The van der Waals surface area contributed by atoms with Crippen LogP contribution in [0, 0.1) is 20.2 Å². The summed E-state index contributed by atoms with van der Waals surface area (Å²) in [5, 5.41) is 28.9. The van der Waals surface area contributed by atoms with Gasteiger partial charge in [0.2, 0.25) is 0 Å². The number of ketones is 1. The molecule has 0 amide bonds. The Labute approximate surface area is 217 Å². The van der Waals surface area contributed by atoms with Gasteiger partial charge in [-0.1, -0.05) is 39.8 Å². The molecule has 12 heteroatoms. The zero-order chi connectivity index (χ0) is 28.4. The van der Waals surface area contributed by atoms with Gasteiger partial charge in [0.25, 0.3) is 11.4 Å². The van der Waals surface area contributed by atoms with Crippen LogP contribution in [0.3, 0.4) is 0 Å². The predicted molar refractivity (Wildman–Crippen MR) is 143 cm³/mol. The van der Waals surface area contributed by atoms with Gasteiger partial charge >= 0.3 is 5.97 Å². The number of likely N-dealkylation sites (N-methyl/N-ethyl adjacent to an activating group) is 2. The third kappa shape index (κ3) is 15.0. The highest BCUT2D eigenvalue weighted by Gasteiger charge is 2.10. The Bertz CT molecular complexity index is 974. The summed E-state index contributed by atoms with van der Waals surface area (Å²) >= 11 is 0. The summed E-state index contributed by atoms with van der Waals surface area (Å²) in [6, 6.07) is 11.9. The molecule has 37 heavy (non-hydrogen) atoms. The number of nitro groups is 2. The third-order valence-electron chi connectivity index (χ3n) is 5.20. The van der Waals surface area contributed by atoms with Gasteiger partial charge in [0.1, 0.15) is 0 Å². The number of benzene rings is 2. The lowest BCUT2D eigenvalue weighted by Crippen LogP contribution is -2.30. The molecule has 0 fully saturated rings. The Balaban J connectivity index is 0.000000577. The van der Waals surface area contributed by atoms with Crippen LogP contribution in [0.25, 0.3) is 0 Å².